The molecule has 0 N–H and O–H groups in total. The van der Waals surface area contributed by atoms with E-state index in [0.29, 0.717) is 27.7 Å². The van der Waals surface area contributed by atoms with E-state index in [4.69, 9.17) is 9.72 Å². The molecule has 0 saturated heterocycles. The van der Waals surface area contributed by atoms with Gasteiger partial charge in [-0.1, -0.05) is 71.3 Å². The molecule has 0 aliphatic rings. The Morgan fingerprint density at radius 3 is 2.06 bits per heavy atom. The van der Waals surface area contributed by atoms with Gasteiger partial charge in [0.05, 0.1) is 16.8 Å². The molecule has 1 heterocycles. The molecule has 0 bridgehead atoms. The van der Waals surface area contributed by atoms with Crippen molar-refractivity contribution in [2.24, 2.45) is 0 Å². The summed E-state index contributed by atoms with van der Waals surface area (Å²) < 4.78 is 5.42. The third kappa shape index (κ3) is 4.53. The first-order valence-electron chi connectivity index (χ1n) is 10.2. The number of rotatable bonds is 5. The van der Waals surface area contributed by atoms with E-state index in [1.165, 1.54) is 0 Å². The zero-order valence-corrected chi connectivity index (χ0v) is 17.8. The summed E-state index contributed by atoms with van der Waals surface area (Å²) in [4.78, 5) is 30.2. The number of hydrogen-bond acceptors (Lipinski definition) is 4. The average Bonchev–Trinajstić information content (AvgIpc) is 2.77. The van der Waals surface area contributed by atoms with Crippen LogP contribution in [0.1, 0.15) is 37.4 Å². The number of Topliss-reactive ketones (excluding diaryl/α,β-unsaturated/α-hetero) is 1. The standard InChI is InChI=1S/C27H23NO3/c1-17-4-9-20(10-5-17)25-15-23(22-14-19(3)8-13-24(22)28-25)27(30)31-16-26(29)21-11-6-18(2)7-12-21/h4-15H,16H2,1-3H3. The Hall–Kier alpha value is -3.79. The van der Waals surface area contributed by atoms with Crippen LogP contribution < -0.4 is 0 Å². The molecule has 4 rings (SSSR count). The van der Waals surface area contributed by atoms with E-state index < -0.39 is 5.97 Å². The molecule has 0 fully saturated rings. The second kappa shape index (κ2) is 8.52. The predicted molar refractivity (Wildman–Crippen MR) is 122 cm³/mol. The van der Waals surface area contributed by atoms with Gasteiger partial charge in [-0.2, -0.15) is 0 Å². The summed E-state index contributed by atoms with van der Waals surface area (Å²) in [5.41, 5.74) is 6.47. The van der Waals surface area contributed by atoms with E-state index in [1.54, 1.807) is 18.2 Å². The highest BCUT2D eigenvalue weighted by molar-refractivity contribution is 6.06. The van der Waals surface area contributed by atoms with Crippen LogP contribution in [-0.4, -0.2) is 23.3 Å². The third-order valence-electron chi connectivity index (χ3n) is 5.24. The summed E-state index contributed by atoms with van der Waals surface area (Å²) in [5.74, 6) is -0.770. The van der Waals surface area contributed by atoms with E-state index >= 15 is 0 Å². The Labute approximate surface area is 181 Å². The van der Waals surface area contributed by atoms with Gasteiger partial charge in [-0.25, -0.2) is 9.78 Å². The van der Waals surface area contributed by atoms with Crippen LogP contribution in [0.2, 0.25) is 0 Å². The van der Waals surface area contributed by atoms with Crippen molar-refractivity contribution in [2.45, 2.75) is 20.8 Å². The van der Waals surface area contributed by atoms with Gasteiger partial charge in [-0.3, -0.25) is 4.79 Å². The van der Waals surface area contributed by atoms with Gasteiger partial charge < -0.3 is 4.74 Å². The van der Waals surface area contributed by atoms with Crippen molar-refractivity contribution >= 4 is 22.7 Å². The molecule has 4 heteroatoms. The number of benzene rings is 3. The maximum Gasteiger partial charge on any atom is 0.339 e. The van der Waals surface area contributed by atoms with E-state index in [0.717, 1.165) is 22.3 Å². The van der Waals surface area contributed by atoms with Crippen LogP contribution in [0.4, 0.5) is 0 Å². The van der Waals surface area contributed by atoms with Gasteiger partial charge in [-0.05, 0) is 39.0 Å². The molecule has 0 saturated carbocycles. The van der Waals surface area contributed by atoms with Gasteiger partial charge in [0.1, 0.15) is 0 Å². The minimum Gasteiger partial charge on any atom is -0.454 e. The maximum absolute atomic E-state index is 13.0. The van der Waals surface area contributed by atoms with E-state index in [1.807, 2.05) is 75.4 Å². The number of carbonyl (C=O) groups excluding carboxylic acids is 2. The van der Waals surface area contributed by atoms with Crippen molar-refractivity contribution in [2.75, 3.05) is 6.61 Å². The quantitative estimate of drug-likeness (QED) is 0.306. The lowest BCUT2D eigenvalue weighted by molar-refractivity contribution is 0.0476. The summed E-state index contributed by atoms with van der Waals surface area (Å²) in [6.45, 7) is 5.63. The predicted octanol–water partition coefficient (Wildman–Crippen LogP) is 5.87. The first kappa shape index (κ1) is 20.5. The molecule has 0 aliphatic heterocycles. The number of nitrogens with zero attached hydrogens (tertiary/aromatic N) is 1. The molecule has 0 amide bonds. The van der Waals surface area contributed by atoms with Crippen molar-refractivity contribution in [3.8, 4) is 11.3 Å². The fraction of sp³-hybridized carbons (Fsp3) is 0.148. The van der Waals surface area contributed by atoms with Gasteiger partial charge >= 0.3 is 5.97 Å². The van der Waals surface area contributed by atoms with Gasteiger partial charge in [-0.15, -0.1) is 0 Å². The second-order valence-electron chi connectivity index (χ2n) is 7.81. The number of carbonyl (C=O) groups is 2. The summed E-state index contributed by atoms with van der Waals surface area (Å²) in [7, 11) is 0. The number of pyridine rings is 1. The number of esters is 1. The lowest BCUT2D eigenvalue weighted by Crippen LogP contribution is -2.15. The Bertz CT molecular complexity index is 1270. The molecule has 0 radical (unpaired) electrons. The van der Waals surface area contributed by atoms with Gasteiger partial charge in [0.2, 0.25) is 0 Å². The number of aryl methyl sites for hydroxylation is 3. The fourth-order valence-corrected chi connectivity index (χ4v) is 3.41. The Balaban J connectivity index is 1.66. The average molecular weight is 409 g/mol. The molecule has 0 spiro atoms. The molecule has 31 heavy (non-hydrogen) atoms. The van der Waals surface area contributed by atoms with E-state index in [9.17, 15) is 9.59 Å². The number of fused-ring (bicyclic) bond motifs is 1. The Morgan fingerprint density at radius 1 is 0.774 bits per heavy atom. The van der Waals surface area contributed by atoms with E-state index in [-0.39, 0.29) is 12.4 Å². The molecule has 0 atom stereocenters. The molecule has 4 aromatic rings. The van der Waals surface area contributed by atoms with Crippen LogP contribution >= 0.6 is 0 Å². The van der Waals surface area contributed by atoms with Gasteiger partial charge in [0, 0.05) is 16.5 Å². The maximum atomic E-state index is 13.0. The lowest BCUT2D eigenvalue weighted by Gasteiger charge is -2.11. The SMILES string of the molecule is Cc1ccc(C(=O)COC(=O)c2cc(-c3ccc(C)cc3)nc3ccc(C)cc23)cc1. The highest BCUT2D eigenvalue weighted by atomic mass is 16.5. The molecule has 0 unspecified atom stereocenters. The highest BCUT2D eigenvalue weighted by Crippen LogP contribution is 2.26. The second-order valence-corrected chi connectivity index (χ2v) is 7.81. The molecule has 1 aromatic heterocycles. The largest absolute Gasteiger partial charge is 0.454 e. The summed E-state index contributed by atoms with van der Waals surface area (Å²) in [6, 6.07) is 22.7. The lowest BCUT2D eigenvalue weighted by atomic mass is 10.0. The zero-order valence-electron chi connectivity index (χ0n) is 17.8. The first-order chi connectivity index (χ1) is 14.9. The van der Waals surface area contributed by atoms with Crippen LogP contribution in [-0.2, 0) is 4.74 Å². The Kier molecular flexibility index (Phi) is 5.63. The Morgan fingerprint density at radius 2 is 1.39 bits per heavy atom. The third-order valence-corrected chi connectivity index (χ3v) is 5.24. The van der Waals surface area contributed by atoms with Crippen molar-refractivity contribution in [3.05, 3.63) is 101 Å². The summed E-state index contributed by atoms with van der Waals surface area (Å²) in [6.07, 6.45) is 0. The summed E-state index contributed by atoms with van der Waals surface area (Å²) >= 11 is 0. The molecule has 4 nitrogen and oxygen atoms in total. The van der Waals surface area contributed by atoms with Crippen LogP contribution in [0.15, 0.2) is 72.8 Å². The fourth-order valence-electron chi connectivity index (χ4n) is 3.41. The van der Waals surface area contributed by atoms with Crippen molar-refractivity contribution < 1.29 is 14.3 Å². The minimum atomic E-state index is -0.535. The van der Waals surface area contributed by atoms with Crippen molar-refractivity contribution in [3.63, 3.8) is 0 Å². The highest BCUT2D eigenvalue weighted by Gasteiger charge is 2.17. The minimum absolute atomic E-state index is 0.235. The molecule has 0 aliphatic carbocycles. The summed E-state index contributed by atoms with van der Waals surface area (Å²) in [5, 5.41) is 0.712. The first-order valence-corrected chi connectivity index (χ1v) is 10.2. The number of ketones is 1. The molecular formula is C27H23NO3. The zero-order chi connectivity index (χ0) is 22.0. The van der Waals surface area contributed by atoms with Gasteiger partial charge in [0.15, 0.2) is 12.4 Å². The van der Waals surface area contributed by atoms with Crippen LogP contribution in [0.25, 0.3) is 22.2 Å². The van der Waals surface area contributed by atoms with Gasteiger partial charge in [0.25, 0.3) is 0 Å². The van der Waals surface area contributed by atoms with Crippen molar-refractivity contribution in [1.29, 1.82) is 0 Å². The van der Waals surface area contributed by atoms with E-state index in [2.05, 4.69) is 0 Å². The molecular weight excluding hydrogens is 386 g/mol. The van der Waals surface area contributed by atoms with Crippen LogP contribution in [0.3, 0.4) is 0 Å². The topological polar surface area (TPSA) is 56.3 Å². The number of aromatic nitrogens is 1. The normalized spacial score (nSPS) is 10.8. The smallest absolute Gasteiger partial charge is 0.339 e. The van der Waals surface area contributed by atoms with Crippen LogP contribution in [0.5, 0.6) is 0 Å². The number of ether oxygens (including phenoxy) is 1. The van der Waals surface area contributed by atoms with Crippen LogP contribution in [0, 0.1) is 20.8 Å². The van der Waals surface area contributed by atoms with Crippen molar-refractivity contribution in [1.82, 2.24) is 4.98 Å². The monoisotopic (exact) mass is 409 g/mol. The molecule has 3 aromatic carbocycles. The molecule has 154 valence electrons. The number of hydrogen-bond donors (Lipinski definition) is 0.